The Morgan fingerprint density at radius 2 is 1.73 bits per heavy atom. The molecule has 0 radical (unpaired) electrons. The zero-order valence-electron chi connectivity index (χ0n) is 13.0. The first kappa shape index (κ1) is 14.9. The van der Waals surface area contributed by atoms with E-state index in [0.29, 0.717) is 5.95 Å². The first-order valence-electron chi connectivity index (χ1n) is 7.74. The van der Waals surface area contributed by atoms with E-state index in [4.69, 9.17) is 0 Å². The van der Waals surface area contributed by atoms with E-state index in [9.17, 15) is 9.59 Å². The van der Waals surface area contributed by atoms with E-state index in [1.54, 1.807) is 0 Å². The number of nitrogens with one attached hydrogen (secondary N) is 1. The zero-order valence-corrected chi connectivity index (χ0v) is 13.0. The number of anilines is 1. The second-order valence-corrected chi connectivity index (χ2v) is 5.97. The highest BCUT2D eigenvalue weighted by atomic mass is 16.2. The molecule has 0 spiro atoms. The summed E-state index contributed by atoms with van der Waals surface area (Å²) in [7, 11) is 0. The molecule has 1 atom stereocenters. The van der Waals surface area contributed by atoms with E-state index >= 15 is 0 Å². The molecule has 0 aliphatic carbocycles. The summed E-state index contributed by atoms with van der Waals surface area (Å²) in [5, 5.41) is 1.08. The number of likely N-dealkylation sites (tertiary alicyclic amines) is 1. The van der Waals surface area contributed by atoms with Crippen molar-refractivity contribution in [3.8, 4) is 0 Å². The number of aryl methyl sites for hydroxylation is 2. The van der Waals surface area contributed by atoms with Gasteiger partial charge in [0.15, 0.2) is 0 Å². The number of hydrazine groups is 1. The minimum Gasteiger partial charge on any atom is -0.291 e. The fraction of sp³-hybridized carbons (Fsp3) is 0.600. The highest BCUT2D eigenvalue weighted by Crippen LogP contribution is 2.22. The zero-order chi connectivity index (χ0) is 15.7. The van der Waals surface area contributed by atoms with Crippen molar-refractivity contribution in [1.29, 1.82) is 0 Å². The lowest BCUT2D eigenvalue weighted by molar-refractivity contribution is -0.138. The lowest BCUT2D eigenvalue weighted by Gasteiger charge is -2.30. The van der Waals surface area contributed by atoms with Crippen molar-refractivity contribution in [2.75, 3.05) is 18.5 Å². The quantitative estimate of drug-likeness (QED) is 0.840. The molecule has 7 nitrogen and oxygen atoms in total. The van der Waals surface area contributed by atoms with E-state index in [1.807, 2.05) is 19.9 Å². The number of nitrogens with zero attached hydrogens (tertiary/aromatic N) is 4. The molecule has 118 valence electrons. The summed E-state index contributed by atoms with van der Waals surface area (Å²) < 4.78 is 0. The van der Waals surface area contributed by atoms with Gasteiger partial charge in [-0.1, -0.05) is 6.42 Å². The number of carbonyl (C=O) groups excluding carboxylic acids is 2. The molecule has 22 heavy (non-hydrogen) atoms. The molecule has 2 fully saturated rings. The Kier molecular flexibility index (Phi) is 4.06. The van der Waals surface area contributed by atoms with Gasteiger partial charge in [0.25, 0.3) is 5.91 Å². The molecule has 0 saturated carbocycles. The fourth-order valence-electron chi connectivity index (χ4n) is 3.12. The first-order valence-corrected chi connectivity index (χ1v) is 7.74. The average Bonchev–Trinajstić information content (AvgIpc) is 2.75. The van der Waals surface area contributed by atoms with Crippen LogP contribution in [0.15, 0.2) is 6.07 Å². The van der Waals surface area contributed by atoms with Crippen LogP contribution in [0.2, 0.25) is 0 Å². The summed E-state index contributed by atoms with van der Waals surface area (Å²) in [6.45, 7) is 5.48. The second kappa shape index (κ2) is 6.00. The van der Waals surface area contributed by atoms with Crippen molar-refractivity contribution < 1.29 is 9.59 Å². The number of amides is 2. The second-order valence-electron chi connectivity index (χ2n) is 5.97. The number of imide groups is 1. The Hall–Kier alpha value is -2.02. The van der Waals surface area contributed by atoms with Crippen LogP contribution in [-0.2, 0) is 9.59 Å². The topological polar surface area (TPSA) is 78.4 Å². The summed E-state index contributed by atoms with van der Waals surface area (Å²) in [5.41, 5.74) is 4.36. The molecule has 3 rings (SSSR count). The summed E-state index contributed by atoms with van der Waals surface area (Å²) >= 11 is 0. The van der Waals surface area contributed by atoms with Crippen molar-refractivity contribution >= 4 is 17.8 Å². The van der Waals surface area contributed by atoms with Crippen LogP contribution in [0.3, 0.4) is 0 Å². The Morgan fingerprint density at radius 3 is 2.36 bits per heavy atom. The van der Waals surface area contributed by atoms with Crippen molar-refractivity contribution in [3.05, 3.63) is 17.5 Å². The minimum atomic E-state index is -0.341. The van der Waals surface area contributed by atoms with Crippen molar-refractivity contribution in [2.45, 2.75) is 45.6 Å². The van der Waals surface area contributed by atoms with Gasteiger partial charge in [-0.15, -0.1) is 0 Å². The maximum absolute atomic E-state index is 12.5. The number of carbonyl (C=O) groups is 2. The van der Waals surface area contributed by atoms with Gasteiger partial charge >= 0.3 is 0 Å². The Labute approximate surface area is 129 Å². The molecular formula is C15H21N5O2. The number of aromatic nitrogens is 2. The van der Waals surface area contributed by atoms with E-state index in [0.717, 1.165) is 42.3 Å². The summed E-state index contributed by atoms with van der Waals surface area (Å²) in [5.74, 6) is -0.128. The van der Waals surface area contributed by atoms with Crippen molar-refractivity contribution in [2.24, 2.45) is 0 Å². The molecule has 1 aromatic heterocycles. The number of hydrogen-bond acceptors (Lipinski definition) is 6. The molecule has 1 unspecified atom stereocenters. The Balaban J connectivity index is 1.73. The molecular weight excluding hydrogens is 282 g/mol. The largest absolute Gasteiger partial charge is 0.291 e. The minimum absolute atomic E-state index is 0.199. The molecule has 7 heteroatoms. The van der Waals surface area contributed by atoms with Crippen LogP contribution in [0.1, 0.15) is 37.1 Å². The van der Waals surface area contributed by atoms with Gasteiger partial charge in [-0.05, 0) is 45.8 Å². The number of piperidine rings is 1. The van der Waals surface area contributed by atoms with E-state index < -0.39 is 0 Å². The molecule has 2 amide bonds. The van der Waals surface area contributed by atoms with Crippen molar-refractivity contribution in [1.82, 2.24) is 19.9 Å². The third-order valence-corrected chi connectivity index (χ3v) is 4.15. The van der Waals surface area contributed by atoms with Gasteiger partial charge < -0.3 is 0 Å². The van der Waals surface area contributed by atoms with E-state index in [-0.39, 0.29) is 24.3 Å². The smallest absolute Gasteiger partial charge is 0.266 e. The molecule has 1 N–H and O–H groups in total. The predicted octanol–water partition coefficient (Wildman–Crippen LogP) is 1.03. The maximum Gasteiger partial charge on any atom is 0.266 e. The van der Waals surface area contributed by atoms with Crippen LogP contribution in [0.5, 0.6) is 0 Å². The Morgan fingerprint density at radius 1 is 1.09 bits per heavy atom. The molecule has 3 heterocycles. The molecule has 0 aromatic carbocycles. The monoisotopic (exact) mass is 303 g/mol. The third-order valence-electron chi connectivity index (χ3n) is 4.15. The lowest BCUT2D eigenvalue weighted by Crippen LogP contribution is -2.45. The SMILES string of the molecule is Cc1cc(C)nc(NN2C(=O)CC(N3CCCCC3)C2=O)n1. The van der Waals surface area contributed by atoms with E-state index in [2.05, 4.69) is 20.3 Å². The molecule has 2 saturated heterocycles. The maximum atomic E-state index is 12.5. The molecule has 1 aromatic rings. The lowest BCUT2D eigenvalue weighted by atomic mass is 10.1. The van der Waals surface area contributed by atoms with Gasteiger partial charge in [-0.2, -0.15) is 5.01 Å². The van der Waals surface area contributed by atoms with E-state index in [1.165, 1.54) is 6.42 Å². The fourth-order valence-corrected chi connectivity index (χ4v) is 3.12. The van der Waals surface area contributed by atoms with Crippen LogP contribution >= 0.6 is 0 Å². The number of rotatable bonds is 3. The van der Waals surface area contributed by atoms with Crippen LogP contribution < -0.4 is 5.43 Å². The van der Waals surface area contributed by atoms with Crippen LogP contribution in [0.4, 0.5) is 5.95 Å². The highest BCUT2D eigenvalue weighted by Gasteiger charge is 2.42. The van der Waals surface area contributed by atoms with Gasteiger partial charge in [0.1, 0.15) is 6.04 Å². The summed E-state index contributed by atoms with van der Waals surface area (Å²) in [6, 6.07) is 1.50. The number of hydrogen-bond donors (Lipinski definition) is 1. The van der Waals surface area contributed by atoms with Crippen molar-refractivity contribution in [3.63, 3.8) is 0 Å². The van der Waals surface area contributed by atoms with Gasteiger partial charge in [0.05, 0.1) is 6.42 Å². The summed E-state index contributed by atoms with van der Waals surface area (Å²) in [6.07, 6.45) is 3.61. The molecule has 2 aliphatic heterocycles. The van der Waals surface area contributed by atoms with Gasteiger partial charge in [0.2, 0.25) is 11.9 Å². The standard InChI is InChI=1S/C15H21N5O2/c1-10-8-11(2)17-15(16-10)18-20-13(21)9-12(14(20)22)19-6-4-3-5-7-19/h8,12H,3-7,9H2,1-2H3,(H,16,17,18). The van der Waals surface area contributed by atoms with Gasteiger partial charge in [0, 0.05) is 11.4 Å². The molecule has 2 aliphatic rings. The van der Waals surface area contributed by atoms with Crippen LogP contribution in [0.25, 0.3) is 0 Å². The average molecular weight is 303 g/mol. The van der Waals surface area contributed by atoms with Crippen LogP contribution in [0, 0.1) is 13.8 Å². The predicted molar refractivity (Wildman–Crippen MR) is 80.8 cm³/mol. The normalized spacial score (nSPS) is 23.2. The van der Waals surface area contributed by atoms with Gasteiger partial charge in [-0.3, -0.25) is 19.9 Å². The van der Waals surface area contributed by atoms with Gasteiger partial charge in [-0.25, -0.2) is 9.97 Å². The summed E-state index contributed by atoms with van der Waals surface area (Å²) in [4.78, 5) is 35.3. The third kappa shape index (κ3) is 2.94. The highest BCUT2D eigenvalue weighted by molar-refractivity contribution is 6.06. The van der Waals surface area contributed by atoms with Crippen LogP contribution in [-0.4, -0.2) is 50.8 Å². The first-order chi connectivity index (χ1) is 10.5. The Bertz CT molecular complexity index is 577. The molecule has 0 bridgehead atoms.